The number of rotatable bonds is 5. The van der Waals surface area contributed by atoms with Gasteiger partial charge in [0.15, 0.2) is 0 Å². The third-order valence-corrected chi connectivity index (χ3v) is 1.72. The van der Waals surface area contributed by atoms with Gasteiger partial charge in [0.2, 0.25) is 0 Å². The van der Waals surface area contributed by atoms with Crippen LogP contribution in [0.1, 0.15) is 26.7 Å². The summed E-state index contributed by atoms with van der Waals surface area (Å²) in [5, 5.41) is 18.8. The summed E-state index contributed by atoms with van der Waals surface area (Å²) < 4.78 is 0. The first-order chi connectivity index (χ1) is 5.37. The van der Waals surface area contributed by atoms with E-state index in [2.05, 4.69) is 13.2 Å². The standard InChI is InChI=1S/C10H18O2/c1-5-8(2)9(11)6-7-10(3,4)12/h5,9,11-12H,1-2,6-7H2,3-4H3. The van der Waals surface area contributed by atoms with E-state index in [-0.39, 0.29) is 0 Å². The second kappa shape index (κ2) is 4.43. The van der Waals surface area contributed by atoms with Crippen LogP contribution in [0.15, 0.2) is 24.8 Å². The summed E-state index contributed by atoms with van der Waals surface area (Å²) in [5.41, 5.74) is -0.109. The molecule has 12 heavy (non-hydrogen) atoms. The second-order valence-corrected chi connectivity index (χ2v) is 3.65. The van der Waals surface area contributed by atoms with E-state index in [0.717, 1.165) is 0 Å². The predicted octanol–water partition coefficient (Wildman–Crippen LogP) is 1.64. The average Bonchev–Trinajstić information content (AvgIpc) is 1.97. The topological polar surface area (TPSA) is 40.5 Å². The van der Waals surface area contributed by atoms with Gasteiger partial charge in [-0.25, -0.2) is 0 Å². The Balaban J connectivity index is 3.79. The van der Waals surface area contributed by atoms with Crippen molar-refractivity contribution in [1.29, 1.82) is 0 Å². The third kappa shape index (κ3) is 5.10. The van der Waals surface area contributed by atoms with Crippen LogP contribution in [0.4, 0.5) is 0 Å². The molecule has 0 radical (unpaired) electrons. The molecule has 2 N–H and O–H groups in total. The summed E-state index contributed by atoms with van der Waals surface area (Å²) in [7, 11) is 0. The summed E-state index contributed by atoms with van der Waals surface area (Å²) in [6, 6.07) is 0. The van der Waals surface area contributed by atoms with Crippen molar-refractivity contribution >= 4 is 0 Å². The molecule has 0 saturated carbocycles. The van der Waals surface area contributed by atoms with Gasteiger partial charge in [-0.3, -0.25) is 0 Å². The fourth-order valence-corrected chi connectivity index (χ4v) is 0.811. The Hall–Kier alpha value is -0.600. The number of hydrogen-bond acceptors (Lipinski definition) is 2. The molecule has 0 aromatic carbocycles. The zero-order chi connectivity index (χ0) is 9.78. The molecule has 0 spiro atoms. The molecule has 2 heteroatoms. The minimum atomic E-state index is -0.720. The van der Waals surface area contributed by atoms with Crippen molar-refractivity contribution in [2.45, 2.75) is 38.4 Å². The van der Waals surface area contributed by atoms with E-state index in [1.807, 2.05) is 0 Å². The van der Waals surface area contributed by atoms with E-state index in [4.69, 9.17) is 0 Å². The Morgan fingerprint density at radius 2 is 2.08 bits per heavy atom. The molecule has 0 aromatic heterocycles. The number of hydrogen-bond donors (Lipinski definition) is 2. The molecule has 0 aromatic rings. The lowest BCUT2D eigenvalue weighted by atomic mass is 9.97. The zero-order valence-corrected chi connectivity index (χ0v) is 7.88. The van der Waals surface area contributed by atoms with Gasteiger partial charge in [-0.1, -0.05) is 19.2 Å². The van der Waals surface area contributed by atoms with Crippen molar-refractivity contribution in [2.75, 3.05) is 0 Å². The number of aliphatic hydroxyl groups excluding tert-OH is 1. The van der Waals surface area contributed by atoms with E-state index in [1.165, 1.54) is 6.08 Å². The summed E-state index contributed by atoms with van der Waals surface area (Å²) in [5.74, 6) is 0. The normalized spacial score (nSPS) is 14.0. The van der Waals surface area contributed by atoms with Gasteiger partial charge < -0.3 is 10.2 Å². The van der Waals surface area contributed by atoms with E-state index in [9.17, 15) is 10.2 Å². The monoisotopic (exact) mass is 170 g/mol. The molecule has 0 amide bonds. The molecule has 70 valence electrons. The minimum Gasteiger partial charge on any atom is -0.390 e. The fraction of sp³-hybridized carbons (Fsp3) is 0.600. The summed E-state index contributed by atoms with van der Waals surface area (Å²) in [4.78, 5) is 0. The maximum Gasteiger partial charge on any atom is 0.0785 e. The van der Waals surface area contributed by atoms with Gasteiger partial charge in [-0.15, -0.1) is 0 Å². The lowest BCUT2D eigenvalue weighted by Crippen LogP contribution is -2.21. The van der Waals surface area contributed by atoms with Crippen molar-refractivity contribution in [3.05, 3.63) is 24.8 Å². The summed E-state index contributed by atoms with van der Waals surface area (Å²) in [6.45, 7) is 10.6. The smallest absolute Gasteiger partial charge is 0.0785 e. The van der Waals surface area contributed by atoms with Gasteiger partial charge in [0, 0.05) is 0 Å². The average molecular weight is 170 g/mol. The first-order valence-corrected chi connectivity index (χ1v) is 4.08. The van der Waals surface area contributed by atoms with E-state index in [0.29, 0.717) is 18.4 Å². The van der Waals surface area contributed by atoms with Crippen LogP contribution in [-0.2, 0) is 0 Å². The Bertz CT molecular complexity index is 165. The molecule has 0 rings (SSSR count). The quantitative estimate of drug-likeness (QED) is 0.616. The van der Waals surface area contributed by atoms with Crippen LogP contribution in [0, 0.1) is 0 Å². The van der Waals surface area contributed by atoms with Gasteiger partial charge in [0.05, 0.1) is 11.7 Å². The van der Waals surface area contributed by atoms with Crippen molar-refractivity contribution in [1.82, 2.24) is 0 Å². The summed E-state index contributed by atoms with van der Waals surface area (Å²) in [6.07, 6.45) is 2.04. The molecule has 0 aliphatic rings. The molecular weight excluding hydrogens is 152 g/mol. The maximum absolute atomic E-state index is 9.40. The molecule has 1 unspecified atom stereocenters. The predicted molar refractivity (Wildman–Crippen MR) is 50.9 cm³/mol. The highest BCUT2D eigenvalue weighted by atomic mass is 16.3. The largest absolute Gasteiger partial charge is 0.390 e. The van der Waals surface area contributed by atoms with Crippen molar-refractivity contribution in [3.63, 3.8) is 0 Å². The van der Waals surface area contributed by atoms with Crippen molar-refractivity contribution < 1.29 is 10.2 Å². The van der Waals surface area contributed by atoms with Gasteiger partial charge in [0.25, 0.3) is 0 Å². The summed E-state index contributed by atoms with van der Waals surface area (Å²) >= 11 is 0. The van der Waals surface area contributed by atoms with Crippen LogP contribution < -0.4 is 0 Å². The molecule has 2 nitrogen and oxygen atoms in total. The highest BCUT2D eigenvalue weighted by Gasteiger charge is 2.15. The molecule has 0 heterocycles. The molecule has 0 bridgehead atoms. The van der Waals surface area contributed by atoms with Gasteiger partial charge in [0.1, 0.15) is 0 Å². The maximum atomic E-state index is 9.40. The molecular formula is C10H18O2. The van der Waals surface area contributed by atoms with Gasteiger partial charge >= 0.3 is 0 Å². The third-order valence-electron chi connectivity index (χ3n) is 1.72. The zero-order valence-electron chi connectivity index (χ0n) is 7.88. The highest BCUT2D eigenvalue weighted by molar-refractivity contribution is 5.15. The van der Waals surface area contributed by atoms with E-state index in [1.54, 1.807) is 13.8 Å². The van der Waals surface area contributed by atoms with Crippen molar-refractivity contribution in [2.24, 2.45) is 0 Å². The number of aliphatic hydroxyl groups is 2. The lowest BCUT2D eigenvalue weighted by molar-refractivity contribution is 0.0548. The minimum absolute atomic E-state index is 0.522. The van der Waals surface area contributed by atoms with Gasteiger partial charge in [-0.2, -0.15) is 0 Å². The Morgan fingerprint density at radius 1 is 1.58 bits per heavy atom. The van der Waals surface area contributed by atoms with Crippen LogP contribution in [0.25, 0.3) is 0 Å². The van der Waals surface area contributed by atoms with Crippen LogP contribution in [0.3, 0.4) is 0 Å². The first kappa shape index (κ1) is 11.4. The first-order valence-electron chi connectivity index (χ1n) is 4.08. The highest BCUT2D eigenvalue weighted by Crippen LogP contribution is 2.15. The van der Waals surface area contributed by atoms with Crippen molar-refractivity contribution in [3.8, 4) is 0 Å². The van der Waals surface area contributed by atoms with E-state index >= 15 is 0 Å². The molecule has 1 atom stereocenters. The van der Waals surface area contributed by atoms with Crippen LogP contribution in [0.2, 0.25) is 0 Å². The Kier molecular flexibility index (Phi) is 4.21. The molecule has 0 aliphatic carbocycles. The van der Waals surface area contributed by atoms with Crippen LogP contribution in [0.5, 0.6) is 0 Å². The van der Waals surface area contributed by atoms with Crippen LogP contribution in [-0.4, -0.2) is 21.9 Å². The Morgan fingerprint density at radius 3 is 2.42 bits per heavy atom. The van der Waals surface area contributed by atoms with E-state index < -0.39 is 11.7 Å². The second-order valence-electron chi connectivity index (χ2n) is 3.65. The lowest BCUT2D eigenvalue weighted by Gasteiger charge is -2.19. The Labute approximate surface area is 74.2 Å². The molecule has 0 fully saturated rings. The molecule has 0 aliphatic heterocycles. The fourth-order valence-electron chi connectivity index (χ4n) is 0.811. The van der Waals surface area contributed by atoms with Gasteiger partial charge in [-0.05, 0) is 32.3 Å². The SMILES string of the molecule is C=CC(=C)C(O)CCC(C)(C)O. The van der Waals surface area contributed by atoms with Crippen LogP contribution >= 0.6 is 0 Å². The molecule has 0 saturated heterocycles.